The summed E-state index contributed by atoms with van der Waals surface area (Å²) in [6, 6.07) is 11.1. The highest BCUT2D eigenvalue weighted by molar-refractivity contribution is 5.90. The van der Waals surface area contributed by atoms with Crippen molar-refractivity contribution >= 4 is 23.5 Å². The van der Waals surface area contributed by atoms with Crippen LogP contribution in [0.5, 0.6) is 0 Å². The molecular weight excluding hydrogens is 442 g/mol. The molecule has 1 aromatic carbocycles. The lowest BCUT2D eigenvalue weighted by molar-refractivity contribution is -0.128. The summed E-state index contributed by atoms with van der Waals surface area (Å²) in [7, 11) is 1.71. The first-order chi connectivity index (χ1) is 17.0. The number of ether oxygens (including phenoxy) is 1. The summed E-state index contributed by atoms with van der Waals surface area (Å²) in [4.78, 5) is 34.2. The van der Waals surface area contributed by atoms with Gasteiger partial charge < -0.3 is 15.0 Å². The van der Waals surface area contributed by atoms with Gasteiger partial charge in [-0.25, -0.2) is 9.78 Å². The van der Waals surface area contributed by atoms with Gasteiger partial charge in [0.05, 0.1) is 5.69 Å². The summed E-state index contributed by atoms with van der Waals surface area (Å²) < 4.78 is 5.11. The number of anilines is 2. The van der Waals surface area contributed by atoms with E-state index in [9.17, 15) is 9.59 Å². The molecule has 5 rings (SSSR count). The smallest absolute Gasteiger partial charge is 0.414 e. The highest BCUT2D eigenvalue weighted by Crippen LogP contribution is 2.40. The van der Waals surface area contributed by atoms with Crippen molar-refractivity contribution in [2.24, 2.45) is 5.92 Å². The molecule has 184 valence electrons. The minimum Gasteiger partial charge on any atom is -0.444 e. The molecule has 0 radical (unpaired) electrons. The zero-order valence-corrected chi connectivity index (χ0v) is 20.3. The van der Waals surface area contributed by atoms with Crippen molar-refractivity contribution < 1.29 is 14.3 Å². The number of fused-ring (bicyclic) bond motifs is 1. The Morgan fingerprint density at radius 1 is 1.23 bits per heavy atom. The number of carbonyl (C=O) groups is 2. The molecule has 3 heterocycles. The lowest BCUT2D eigenvalue weighted by Crippen LogP contribution is -2.49. The first-order valence-corrected chi connectivity index (χ1v) is 12.4. The van der Waals surface area contributed by atoms with E-state index in [2.05, 4.69) is 46.0 Å². The van der Waals surface area contributed by atoms with Gasteiger partial charge in [-0.3, -0.25) is 14.6 Å². The quantitative estimate of drug-likeness (QED) is 0.583. The molecule has 1 N–H and O–H groups in total. The Morgan fingerprint density at radius 2 is 1.97 bits per heavy atom. The Balaban J connectivity index is 1.22. The Hall–Kier alpha value is -3.39. The van der Waals surface area contributed by atoms with Crippen LogP contribution in [0.1, 0.15) is 42.0 Å². The van der Waals surface area contributed by atoms with Crippen LogP contribution in [0.15, 0.2) is 49.2 Å². The molecular formula is C27H33N5O3. The maximum atomic E-state index is 12.0. The van der Waals surface area contributed by atoms with E-state index in [0.717, 1.165) is 49.2 Å². The van der Waals surface area contributed by atoms with Gasteiger partial charge in [0.1, 0.15) is 12.4 Å². The second-order valence-electron chi connectivity index (χ2n) is 9.67. The molecule has 1 unspecified atom stereocenters. The second-order valence-corrected chi connectivity index (χ2v) is 9.67. The summed E-state index contributed by atoms with van der Waals surface area (Å²) in [5.41, 5.74) is 4.24. The Labute approximate surface area is 206 Å². The van der Waals surface area contributed by atoms with Crippen LogP contribution in [-0.4, -0.2) is 60.0 Å². The monoisotopic (exact) mass is 475 g/mol. The van der Waals surface area contributed by atoms with E-state index in [-0.39, 0.29) is 18.6 Å². The predicted octanol–water partition coefficient (Wildman–Crippen LogP) is 3.95. The second kappa shape index (κ2) is 10.1. The van der Waals surface area contributed by atoms with E-state index >= 15 is 0 Å². The number of amides is 2. The number of nitrogens with zero attached hydrogens (tertiary/aromatic N) is 4. The zero-order chi connectivity index (χ0) is 24.4. The van der Waals surface area contributed by atoms with Crippen LogP contribution in [0.25, 0.3) is 0 Å². The first-order valence-electron chi connectivity index (χ1n) is 12.4. The Morgan fingerprint density at radius 3 is 2.66 bits per heavy atom. The lowest BCUT2D eigenvalue weighted by atomic mass is 9.97. The van der Waals surface area contributed by atoms with Crippen LogP contribution >= 0.6 is 0 Å². The van der Waals surface area contributed by atoms with Crippen LogP contribution in [0.2, 0.25) is 0 Å². The van der Waals surface area contributed by atoms with Gasteiger partial charge in [0.25, 0.3) is 0 Å². The predicted molar refractivity (Wildman–Crippen MR) is 135 cm³/mol. The van der Waals surface area contributed by atoms with Crippen molar-refractivity contribution in [3.05, 3.63) is 65.9 Å². The van der Waals surface area contributed by atoms with Crippen molar-refractivity contribution in [3.8, 4) is 0 Å². The first kappa shape index (κ1) is 23.4. The maximum Gasteiger partial charge on any atom is 0.414 e. The summed E-state index contributed by atoms with van der Waals surface area (Å²) in [5, 5.41) is 3.38. The third-order valence-corrected chi connectivity index (χ3v) is 7.28. The summed E-state index contributed by atoms with van der Waals surface area (Å²) >= 11 is 0. The number of rotatable bonds is 8. The maximum absolute atomic E-state index is 12.0. The molecule has 1 aromatic heterocycles. The standard InChI is InChI=1S/C27H33N5O3/c1-3-26(33)32-12-10-31(11-13-32)24(14-19-4-5-19)21-8-6-20(7-9-21)16-28-25-15-23-22(17-29-25)18-35-27(34)30(23)2/h3,6-9,15,17,19,24H,1,4-5,10-14,16,18H2,2H3,(H,28,29). The average Bonchev–Trinajstić information content (AvgIpc) is 3.73. The fourth-order valence-corrected chi connectivity index (χ4v) is 4.93. The molecule has 2 amide bonds. The minimum absolute atomic E-state index is 0.0280. The molecule has 8 heteroatoms. The molecule has 8 nitrogen and oxygen atoms in total. The molecule has 2 aliphatic heterocycles. The van der Waals surface area contributed by atoms with E-state index in [1.54, 1.807) is 13.2 Å². The van der Waals surface area contributed by atoms with Crippen LogP contribution in [-0.2, 0) is 22.7 Å². The van der Waals surface area contributed by atoms with Gasteiger partial charge >= 0.3 is 6.09 Å². The van der Waals surface area contributed by atoms with Gasteiger partial charge in [-0.15, -0.1) is 0 Å². The van der Waals surface area contributed by atoms with Crippen LogP contribution in [0, 0.1) is 5.92 Å². The van der Waals surface area contributed by atoms with Gasteiger partial charge in [0.2, 0.25) is 5.91 Å². The van der Waals surface area contributed by atoms with E-state index in [0.29, 0.717) is 12.6 Å². The largest absolute Gasteiger partial charge is 0.444 e. The number of pyridine rings is 1. The molecule has 35 heavy (non-hydrogen) atoms. The summed E-state index contributed by atoms with van der Waals surface area (Å²) in [6.45, 7) is 7.83. The minimum atomic E-state index is -0.347. The Bertz CT molecular complexity index is 1090. The number of hydrogen-bond acceptors (Lipinski definition) is 6. The van der Waals surface area contributed by atoms with Crippen molar-refractivity contribution in [1.82, 2.24) is 14.8 Å². The lowest BCUT2D eigenvalue weighted by Gasteiger charge is -2.39. The highest BCUT2D eigenvalue weighted by atomic mass is 16.6. The number of nitrogens with one attached hydrogen (secondary N) is 1. The molecule has 2 aromatic rings. The summed E-state index contributed by atoms with van der Waals surface area (Å²) in [5.74, 6) is 1.58. The number of hydrogen-bond donors (Lipinski definition) is 1. The number of benzene rings is 1. The molecule has 2 fully saturated rings. The van der Waals surface area contributed by atoms with Gasteiger partial charge in [0.15, 0.2) is 0 Å². The fraction of sp³-hybridized carbons (Fsp3) is 0.444. The van der Waals surface area contributed by atoms with Crippen LogP contribution in [0.4, 0.5) is 16.3 Å². The topological polar surface area (TPSA) is 78.0 Å². The normalized spacial score (nSPS) is 19.1. The van der Waals surface area contributed by atoms with Crippen molar-refractivity contribution in [2.75, 3.05) is 43.4 Å². The zero-order valence-electron chi connectivity index (χ0n) is 20.3. The molecule has 1 aliphatic carbocycles. The van der Waals surface area contributed by atoms with Crippen LogP contribution < -0.4 is 10.2 Å². The van der Waals surface area contributed by atoms with Crippen molar-refractivity contribution in [3.63, 3.8) is 0 Å². The van der Waals surface area contributed by atoms with E-state index in [1.165, 1.54) is 41.4 Å². The van der Waals surface area contributed by atoms with Gasteiger partial charge in [-0.1, -0.05) is 43.7 Å². The van der Waals surface area contributed by atoms with Gasteiger partial charge in [-0.05, 0) is 29.5 Å². The number of cyclic esters (lactones) is 1. The van der Waals surface area contributed by atoms with E-state index in [1.807, 2.05) is 11.0 Å². The molecule has 1 saturated carbocycles. The molecule has 0 bridgehead atoms. The van der Waals surface area contributed by atoms with E-state index < -0.39 is 0 Å². The third-order valence-electron chi connectivity index (χ3n) is 7.28. The molecule has 1 saturated heterocycles. The third kappa shape index (κ3) is 5.32. The van der Waals surface area contributed by atoms with E-state index in [4.69, 9.17) is 4.74 Å². The molecule has 3 aliphatic rings. The molecule has 0 spiro atoms. The number of aromatic nitrogens is 1. The molecule has 1 atom stereocenters. The van der Waals surface area contributed by atoms with Crippen molar-refractivity contribution in [2.45, 2.75) is 38.5 Å². The summed E-state index contributed by atoms with van der Waals surface area (Å²) in [6.07, 6.45) is 6.66. The van der Waals surface area contributed by atoms with Gasteiger partial charge in [-0.2, -0.15) is 0 Å². The average molecular weight is 476 g/mol. The van der Waals surface area contributed by atoms with Crippen molar-refractivity contribution in [1.29, 1.82) is 0 Å². The van der Waals surface area contributed by atoms with Crippen LogP contribution in [0.3, 0.4) is 0 Å². The fourth-order valence-electron chi connectivity index (χ4n) is 4.93. The SMILES string of the molecule is C=CC(=O)N1CCN(C(CC2CC2)c2ccc(CNc3cc4c(cn3)COC(=O)N4C)cc2)CC1. The van der Waals surface area contributed by atoms with Gasteiger partial charge in [0, 0.05) is 63.6 Å². The number of piperazine rings is 1. The number of carbonyl (C=O) groups excluding carboxylic acids is 2. The highest BCUT2D eigenvalue weighted by Gasteiger charge is 2.32. The Kier molecular flexibility index (Phi) is 6.72.